The molecule has 0 aromatic heterocycles. The summed E-state index contributed by atoms with van der Waals surface area (Å²) in [5.41, 5.74) is 0. The molecule has 0 aliphatic heterocycles. The molecule has 0 aromatic rings. The Morgan fingerprint density at radius 2 is 1.88 bits per heavy atom. The van der Waals surface area contributed by atoms with Crippen molar-refractivity contribution in [3.63, 3.8) is 0 Å². The predicted octanol–water partition coefficient (Wildman–Crippen LogP) is 2.88. The molecular formula is C13H26F2N2. The first-order valence-electron chi connectivity index (χ1n) is 6.83. The van der Waals surface area contributed by atoms with E-state index in [4.69, 9.17) is 0 Å². The van der Waals surface area contributed by atoms with E-state index in [0.29, 0.717) is 6.54 Å². The van der Waals surface area contributed by atoms with Crippen LogP contribution in [0.3, 0.4) is 0 Å². The van der Waals surface area contributed by atoms with Crippen LogP contribution in [-0.4, -0.2) is 43.5 Å². The van der Waals surface area contributed by atoms with Gasteiger partial charge in [0.15, 0.2) is 0 Å². The van der Waals surface area contributed by atoms with E-state index in [1.807, 2.05) is 0 Å². The topological polar surface area (TPSA) is 15.3 Å². The summed E-state index contributed by atoms with van der Waals surface area (Å²) in [5, 5.41) is 2.86. The van der Waals surface area contributed by atoms with Crippen LogP contribution in [0.15, 0.2) is 0 Å². The lowest BCUT2D eigenvalue weighted by Crippen LogP contribution is -2.37. The van der Waals surface area contributed by atoms with Crippen LogP contribution in [0.5, 0.6) is 0 Å². The third kappa shape index (κ3) is 5.77. The van der Waals surface area contributed by atoms with E-state index in [2.05, 4.69) is 17.3 Å². The van der Waals surface area contributed by atoms with Gasteiger partial charge in [0.25, 0.3) is 6.43 Å². The summed E-state index contributed by atoms with van der Waals surface area (Å²) < 4.78 is 24.5. The molecule has 0 amide bonds. The van der Waals surface area contributed by atoms with Gasteiger partial charge >= 0.3 is 0 Å². The summed E-state index contributed by atoms with van der Waals surface area (Å²) in [6, 6.07) is 0.0336. The Labute approximate surface area is 104 Å². The first kappa shape index (κ1) is 14.8. The zero-order valence-corrected chi connectivity index (χ0v) is 11.1. The van der Waals surface area contributed by atoms with Gasteiger partial charge in [-0.2, -0.15) is 0 Å². The number of hydrogen-bond donors (Lipinski definition) is 1. The van der Waals surface area contributed by atoms with E-state index >= 15 is 0 Å². The summed E-state index contributed by atoms with van der Waals surface area (Å²) in [4.78, 5) is 2.40. The van der Waals surface area contributed by atoms with Crippen molar-refractivity contribution < 1.29 is 8.78 Å². The lowest BCUT2D eigenvalue weighted by Gasteiger charge is -2.31. The molecule has 17 heavy (non-hydrogen) atoms. The second-order valence-electron chi connectivity index (χ2n) is 5.20. The number of nitrogens with one attached hydrogen (secondary N) is 1. The zero-order chi connectivity index (χ0) is 12.7. The number of nitrogens with zero attached hydrogens (tertiary/aromatic N) is 1. The lowest BCUT2D eigenvalue weighted by atomic mass is 9.94. The molecule has 0 radical (unpaired) electrons. The summed E-state index contributed by atoms with van der Waals surface area (Å²) in [6.07, 6.45) is 5.35. The molecular weight excluding hydrogens is 222 g/mol. The van der Waals surface area contributed by atoms with Gasteiger partial charge in [0.05, 0.1) is 6.04 Å². The number of alkyl halides is 2. The number of hydrogen-bond acceptors (Lipinski definition) is 2. The average molecular weight is 248 g/mol. The Hall–Kier alpha value is -0.220. The Morgan fingerprint density at radius 3 is 2.47 bits per heavy atom. The molecule has 0 heterocycles. The van der Waals surface area contributed by atoms with Crippen molar-refractivity contribution in [3.05, 3.63) is 0 Å². The Kier molecular flexibility index (Phi) is 6.97. The molecule has 1 atom stereocenters. The second kappa shape index (κ2) is 7.98. The SMILES string of the molecule is CC(NCCCN(C)C1CCCCC1)C(F)F. The van der Waals surface area contributed by atoms with E-state index in [9.17, 15) is 8.78 Å². The minimum Gasteiger partial charge on any atom is -0.309 e. The standard InChI is InChI=1S/C13H26F2N2/c1-11(13(14)15)16-9-6-10-17(2)12-7-4-3-5-8-12/h11-13,16H,3-10H2,1-2H3. The third-order valence-corrected chi connectivity index (χ3v) is 3.73. The van der Waals surface area contributed by atoms with Crippen LogP contribution >= 0.6 is 0 Å². The maximum Gasteiger partial charge on any atom is 0.253 e. The molecule has 1 unspecified atom stereocenters. The van der Waals surface area contributed by atoms with Crippen LogP contribution in [0.1, 0.15) is 45.4 Å². The summed E-state index contributed by atoms with van der Waals surface area (Å²) in [6.45, 7) is 3.23. The van der Waals surface area contributed by atoms with E-state index in [0.717, 1.165) is 19.0 Å². The van der Waals surface area contributed by atoms with Gasteiger partial charge in [-0.15, -0.1) is 0 Å². The van der Waals surface area contributed by atoms with Crippen LogP contribution in [0.4, 0.5) is 8.78 Å². The van der Waals surface area contributed by atoms with Crippen LogP contribution in [0, 0.1) is 0 Å². The first-order chi connectivity index (χ1) is 8.11. The van der Waals surface area contributed by atoms with Crippen LogP contribution in [0.2, 0.25) is 0 Å². The maximum absolute atomic E-state index is 12.2. The molecule has 4 heteroatoms. The molecule has 2 nitrogen and oxygen atoms in total. The minimum absolute atomic E-state index is 0.683. The quantitative estimate of drug-likeness (QED) is 0.697. The normalized spacial score (nSPS) is 20.1. The predicted molar refractivity (Wildman–Crippen MR) is 67.6 cm³/mol. The molecule has 102 valence electrons. The van der Waals surface area contributed by atoms with Gasteiger partial charge < -0.3 is 10.2 Å². The van der Waals surface area contributed by atoms with E-state index in [1.54, 1.807) is 0 Å². The Balaban J connectivity index is 2.05. The van der Waals surface area contributed by atoms with Gasteiger partial charge in [-0.3, -0.25) is 0 Å². The Bertz CT molecular complexity index is 194. The number of rotatable bonds is 7. The fourth-order valence-electron chi connectivity index (χ4n) is 2.45. The van der Waals surface area contributed by atoms with E-state index < -0.39 is 12.5 Å². The van der Waals surface area contributed by atoms with Crippen molar-refractivity contribution in [3.8, 4) is 0 Å². The van der Waals surface area contributed by atoms with Gasteiger partial charge in [-0.1, -0.05) is 19.3 Å². The van der Waals surface area contributed by atoms with Crippen molar-refractivity contribution >= 4 is 0 Å². The Morgan fingerprint density at radius 1 is 1.24 bits per heavy atom. The lowest BCUT2D eigenvalue weighted by molar-refractivity contribution is 0.105. The highest BCUT2D eigenvalue weighted by molar-refractivity contribution is 4.73. The average Bonchev–Trinajstić information content (AvgIpc) is 2.35. The molecule has 0 spiro atoms. The summed E-state index contributed by atoms with van der Waals surface area (Å²) in [5.74, 6) is 0. The first-order valence-corrected chi connectivity index (χ1v) is 6.83. The highest BCUT2D eigenvalue weighted by Crippen LogP contribution is 2.21. The molecule has 1 fully saturated rings. The van der Waals surface area contributed by atoms with Gasteiger partial charge in [0, 0.05) is 6.04 Å². The highest BCUT2D eigenvalue weighted by atomic mass is 19.3. The molecule has 0 aromatic carbocycles. The maximum atomic E-state index is 12.2. The van der Waals surface area contributed by atoms with Crippen LogP contribution < -0.4 is 5.32 Å². The molecule has 1 aliphatic carbocycles. The van der Waals surface area contributed by atoms with Gasteiger partial charge in [-0.25, -0.2) is 8.78 Å². The zero-order valence-electron chi connectivity index (χ0n) is 11.1. The molecule has 0 bridgehead atoms. The monoisotopic (exact) mass is 248 g/mol. The van der Waals surface area contributed by atoms with Crippen LogP contribution in [-0.2, 0) is 0 Å². The number of halogens is 2. The van der Waals surface area contributed by atoms with Crippen LogP contribution in [0.25, 0.3) is 0 Å². The molecule has 1 rings (SSSR count). The van der Waals surface area contributed by atoms with Gasteiger partial charge in [0.2, 0.25) is 0 Å². The highest BCUT2D eigenvalue weighted by Gasteiger charge is 2.17. The fraction of sp³-hybridized carbons (Fsp3) is 1.00. The van der Waals surface area contributed by atoms with Crippen molar-refractivity contribution in [1.82, 2.24) is 10.2 Å². The smallest absolute Gasteiger partial charge is 0.253 e. The van der Waals surface area contributed by atoms with Gasteiger partial charge in [-0.05, 0) is 46.3 Å². The third-order valence-electron chi connectivity index (χ3n) is 3.73. The van der Waals surface area contributed by atoms with Crippen molar-refractivity contribution in [2.24, 2.45) is 0 Å². The fourth-order valence-corrected chi connectivity index (χ4v) is 2.45. The minimum atomic E-state index is -2.26. The molecule has 1 aliphatic rings. The summed E-state index contributed by atoms with van der Waals surface area (Å²) in [7, 11) is 2.16. The van der Waals surface area contributed by atoms with E-state index in [1.165, 1.54) is 39.0 Å². The van der Waals surface area contributed by atoms with Crippen molar-refractivity contribution in [2.75, 3.05) is 20.1 Å². The molecule has 1 N–H and O–H groups in total. The van der Waals surface area contributed by atoms with Crippen molar-refractivity contribution in [1.29, 1.82) is 0 Å². The second-order valence-corrected chi connectivity index (χ2v) is 5.20. The van der Waals surface area contributed by atoms with E-state index in [-0.39, 0.29) is 0 Å². The molecule has 0 saturated heterocycles. The largest absolute Gasteiger partial charge is 0.309 e. The summed E-state index contributed by atoms with van der Waals surface area (Å²) >= 11 is 0. The van der Waals surface area contributed by atoms with Crippen molar-refractivity contribution in [2.45, 2.75) is 64.0 Å². The van der Waals surface area contributed by atoms with Gasteiger partial charge in [0.1, 0.15) is 0 Å². The molecule has 1 saturated carbocycles.